The van der Waals surface area contributed by atoms with Crippen molar-refractivity contribution in [1.29, 1.82) is 0 Å². The van der Waals surface area contributed by atoms with Gasteiger partial charge in [-0.2, -0.15) is 0 Å². The molecule has 0 aliphatic heterocycles. The molecule has 46 heavy (non-hydrogen) atoms. The van der Waals surface area contributed by atoms with Crippen molar-refractivity contribution >= 4 is 43.9 Å². The van der Waals surface area contributed by atoms with Crippen LogP contribution in [0.25, 0.3) is 77.5 Å². The van der Waals surface area contributed by atoms with Crippen LogP contribution in [0, 0.1) is 17.9 Å². The molecule has 4 heterocycles. The second-order valence-electron chi connectivity index (χ2n) is 10.5. The number of rotatable bonds is 3. The zero-order chi connectivity index (χ0) is 30.2. The van der Waals surface area contributed by atoms with Gasteiger partial charge in [0.15, 0.2) is 0 Å². The second-order valence-corrected chi connectivity index (χ2v) is 10.5. The first-order chi connectivity index (χ1) is 22.2. The minimum absolute atomic E-state index is 0. The average Bonchev–Trinajstić information content (AvgIpc) is 3.67. The van der Waals surface area contributed by atoms with Gasteiger partial charge in [0.1, 0.15) is 22.6 Å². The number of benzene rings is 5. The Morgan fingerprint density at radius 1 is 0.543 bits per heavy atom. The Kier molecular flexibility index (Phi) is 7.98. The smallest absolute Gasteiger partial charge is 0.136 e. The quantitative estimate of drug-likeness (QED) is 0.168. The molecule has 0 aliphatic rings. The Morgan fingerprint density at radius 2 is 1.26 bits per heavy atom. The number of nitrogens with zero attached hydrogens (tertiary/aromatic N) is 2. The summed E-state index contributed by atoms with van der Waals surface area (Å²) >= 11 is 0. The van der Waals surface area contributed by atoms with Crippen molar-refractivity contribution in [2.75, 3.05) is 0 Å². The van der Waals surface area contributed by atoms with Gasteiger partial charge in [-0.25, -0.2) is 4.39 Å². The van der Waals surface area contributed by atoms with Crippen molar-refractivity contribution in [3.05, 3.63) is 158 Å². The molecule has 0 unspecified atom stereocenters. The monoisotopic (exact) mass is 775 g/mol. The van der Waals surface area contributed by atoms with Gasteiger partial charge in [-0.1, -0.05) is 59.5 Å². The summed E-state index contributed by atoms with van der Waals surface area (Å²) in [6, 6.07) is 46.5. The molecular weight excluding hydrogens is 752 g/mol. The summed E-state index contributed by atoms with van der Waals surface area (Å²) in [5.74, 6) is -0.347. The SMILES string of the molecule is Fc1ccc2c(oc3c(-c4ccccn4)[c-]ccc32)c1-c1ccc2c(c1)oc1ccccc12.[Ir].[c-]1ccccc1-c1ccccn1. The largest absolute Gasteiger partial charge is 0.500 e. The standard InChI is InChI=1S/C29H15FNO2.C11H8N.Ir/c30-23-14-13-21-20-7-5-8-22(24-9-3-4-15-31-24)28(20)33-29(21)27(23)17-11-12-19-18-6-1-2-10-25(18)32-26(19)16-17;1-2-6-10(7-3-1)11-8-4-5-9-12-11;/h1-7,9-16H;1-6,8-9H;/q2*-1;. The summed E-state index contributed by atoms with van der Waals surface area (Å²) in [6.45, 7) is 0. The van der Waals surface area contributed by atoms with Crippen LogP contribution in [0.3, 0.4) is 0 Å². The van der Waals surface area contributed by atoms with Gasteiger partial charge in [0.05, 0.1) is 11.1 Å². The summed E-state index contributed by atoms with van der Waals surface area (Å²) in [6.07, 6.45) is 3.52. The predicted molar refractivity (Wildman–Crippen MR) is 177 cm³/mol. The van der Waals surface area contributed by atoms with E-state index in [9.17, 15) is 0 Å². The molecule has 0 bridgehead atoms. The van der Waals surface area contributed by atoms with Crippen LogP contribution in [0.2, 0.25) is 0 Å². The molecule has 0 amide bonds. The molecule has 6 heteroatoms. The summed E-state index contributed by atoms with van der Waals surface area (Å²) < 4.78 is 27.6. The maximum Gasteiger partial charge on any atom is 0.136 e. The maximum absolute atomic E-state index is 15.3. The fourth-order valence-electron chi connectivity index (χ4n) is 5.71. The van der Waals surface area contributed by atoms with Gasteiger partial charge in [0, 0.05) is 48.7 Å². The van der Waals surface area contributed by atoms with E-state index >= 15 is 4.39 Å². The van der Waals surface area contributed by atoms with E-state index in [1.165, 1.54) is 6.07 Å². The van der Waals surface area contributed by atoms with Crippen LogP contribution in [0.15, 0.2) is 149 Å². The molecule has 1 radical (unpaired) electrons. The van der Waals surface area contributed by atoms with E-state index in [1.807, 2.05) is 115 Å². The summed E-state index contributed by atoms with van der Waals surface area (Å²) in [4.78, 5) is 8.66. The Labute approximate surface area is 277 Å². The van der Waals surface area contributed by atoms with Crippen LogP contribution in [0.5, 0.6) is 0 Å². The van der Waals surface area contributed by atoms with E-state index in [2.05, 4.69) is 22.1 Å². The molecule has 9 rings (SSSR count). The number of furan rings is 2. The molecule has 0 spiro atoms. The van der Waals surface area contributed by atoms with Gasteiger partial charge < -0.3 is 18.8 Å². The Bertz CT molecular complexity index is 2400. The van der Waals surface area contributed by atoms with Crippen LogP contribution in [-0.2, 0) is 20.1 Å². The molecule has 0 atom stereocenters. The molecule has 0 N–H and O–H groups in total. The van der Waals surface area contributed by atoms with E-state index in [4.69, 9.17) is 8.83 Å². The number of hydrogen-bond donors (Lipinski definition) is 0. The van der Waals surface area contributed by atoms with Crippen molar-refractivity contribution in [2.24, 2.45) is 0 Å². The van der Waals surface area contributed by atoms with Crippen molar-refractivity contribution in [3.63, 3.8) is 0 Å². The molecule has 0 saturated carbocycles. The zero-order valence-electron chi connectivity index (χ0n) is 24.2. The van der Waals surface area contributed by atoms with Gasteiger partial charge in [-0.05, 0) is 59.4 Å². The van der Waals surface area contributed by atoms with Crippen LogP contribution in [0.1, 0.15) is 0 Å². The Hall–Kier alpha value is -5.42. The van der Waals surface area contributed by atoms with E-state index in [0.717, 1.165) is 49.6 Å². The molecule has 0 aliphatic carbocycles. The minimum atomic E-state index is -0.347. The number of hydrogen-bond acceptors (Lipinski definition) is 4. The topological polar surface area (TPSA) is 52.1 Å². The number of para-hydroxylation sites is 1. The molecule has 5 aromatic carbocycles. The first kappa shape index (κ1) is 29.3. The number of pyridine rings is 2. The number of aromatic nitrogens is 2. The summed E-state index contributed by atoms with van der Waals surface area (Å²) in [5, 5.41) is 3.78. The van der Waals surface area contributed by atoms with Crippen molar-refractivity contribution in [3.8, 4) is 33.6 Å². The van der Waals surface area contributed by atoms with E-state index in [-0.39, 0.29) is 25.9 Å². The molecule has 4 aromatic heterocycles. The van der Waals surface area contributed by atoms with Gasteiger partial charge in [-0.15, -0.1) is 54.1 Å². The fraction of sp³-hybridized carbons (Fsp3) is 0. The normalized spacial score (nSPS) is 11.0. The predicted octanol–water partition coefficient (Wildman–Crippen LogP) is 10.7. The molecule has 223 valence electrons. The first-order valence-corrected chi connectivity index (χ1v) is 14.5. The zero-order valence-corrected chi connectivity index (χ0v) is 26.6. The van der Waals surface area contributed by atoms with Crippen LogP contribution in [-0.4, -0.2) is 9.97 Å². The van der Waals surface area contributed by atoms with Gasteiger partial charge in [0.2, 0.25) is 0 Å². The first-order valence-electron chi connectivity index (χ1n) is 14.5. The van der Waals surface area contributed by atoms with Crippen molar-refractivity contribution < 1.29 is 33.3 Å². The Morgan fingerprint density at radius 3 is 2.04 bits per heavy atom. The average molecular weight is 775 g/mol. The van der Waals surface area contributed by atoms with E-state index in [0.29, 0.717) is 27.9 Å². The third-order valence-corrected chi connectivity index (χ3v) is 7.79. The van der Waals surface area contributed by atoms with Crippen molar-refractivity contribution in [1.82, 2.24) is 9.97 Å². The van der Waals surface area contributed by atoms with Crippen LogP contribution < -0.4 is 0 Å². The molecule has 0 saturated heterocycles. The maximum atomic E-state index is 15.3. The fourth-order valence-corrected chi connectivity index (χ4v) is 5.71. The van der Waals surface area contributed by atoms with Gasteiger partial charge in [-0.3, -0.25) is 0 Å². The number of fused-ring (bicyclic) bond motifs is 6. The third kappa shape index (κ3) is 5.28. The molecule has 9 aromatic rings. The molecule has 4 nitrogen and oxygen atoms in total. The van der Waals surface area contributed by atoms with Crippen LogP contribution >= 0.6 is 0 Å². The van der Waals surface area contributed by atoms with Crippen molar-refractivity contribution in [2.45, 2.75) is 0 Å². The summed E-state index contributed by atoms with van der Waals surface area (Å²) in [7, 11) is 0. The van der Waals surface area contributed by atoms with E-state index in [1.54, 1.807) is 18.5 Å². The van der Waals surface area contributed by atoms with Crippen LogP contribution in [0.4, 0.5) is 4.39 Å². The third-order valence-electron chi connectivity index (χ3n) is 7.79. The summed E-state index contributed by atoms with van der Waals surface area (Å²) in [5.41, 5.74) is 7.30. The molecular formula is C40H23FIrN2O2-2. The van der Waals surface area contributed by atoms with E-state index < -0.39 is 0 Å². The molecule has 0 fully saturated rings. The van der Waals surface area contributed by atoms with Gasteiger partial charge in [0.25, 0.3) is 0 Å². The minimum Gasteiger partial charge on any atom is -0.500 e. The van der Waals surface area contributed by atoms with Gasteiger partial charge >= 0.3 is 0 Å². The second kappa shape index (κ2) is 12.5. The number of halogens is 1. The Balaban J connectivity index is 0.000000220.